The van der Waals surface area contributed by atoms with Crippen LogP contribution < -0.4 is 24.4 Å². The van der Waals surface area contributed by atoms with Gasteiger partial charge in [0.25, 0.3) is 5.91 Å². The normalized spacial score (nSPS) is 13.4. The van der Waals surface area contributed by atoms with Gasteiger partial charge in [-0.2, -0.15) is 0 Å². The fraction of sp³-hybridized carbons (Fsp3) is 0.300. The van der Waals surface area contributed by atoms with Crippen molar-refractivity contribution in [1.29, 1.82) is 0 Å². The number of rotatable bonds is 6. The van der Waals surface area contributed by atoms with Gasteiger partial charge in [0.05, 0.1) is 32.6 Å². The number of nitrogens with zero attached hydrogens (tertiary/aromatic N) is 1. The third kappa shape index (κ3) is 4.01. The van der Waals surface area contributed by atoms with Gasteiger partial charge in [-0.3, -0.25) is 9.59 Å². The van der Waals surface area contributed by atoms with E-state index in [9.17, 15) is 9.59 Å². The number of ether oxygens (including phenoxy) is 3. The van der Waals surface area contributed by atoms with E-state index in [4.69, 9.17) is 14.2 Å². The van der Waals surface area contributed by atoms with Gasteiger partial charge in [0.1, 0.15) is 5.75 Å². The van der Waals surface area contributed by atoms with Crippen LogP contribution in [-0.2, 0) is 4.79 Å². The summed E-state index contributed by atoms with van der Waals surface area (Å²) in [4.78, 5) is 26.5. The average molecular weight is 496 g/mol. The largest absolute Gasteiger partial charge is 0.494 e. The Balaban J connectivity index is 1.85. The quantitative estimate of drug-likeness (QED) is 0.618. The van der Waals surface area contributed by atoms with Gasteiger partial charge in [-0.15, -0.1) is 0 Å². The van der Waals surface area contributed by atoms with Gasteiger partial charge in [-0.1, -0.05) is 0 Å². The molecule has 0 unspecified atom stereocenters. The second kappa shape index (κ2) is 8.68. The van der Waals surface area contributed by atoms with Gasteiger partial charge in [0.15, 0.2) is 11.5 Å². The first-order valence-corrected chi connectivity index (χ1v) is 9.77. The Morgan fingerprint density at radius 2 is 1.71 bits per heavy atom. The third-order valence-corrected chi connectivity index (χ3v) is 5.41. The Morgan fingerprint density at radius 1 is 1.04 bits per heavy atom. The van der Waals surface area contributed by atoms with Gasteiger partial charge in [0.2, 0.25) is 5.91 Å². The van der Waals surface area contributed by atoms with Crippen LogP contribution in [0.25, 0.3) is 0 Å². The minimum Gasteiger partial charge on any atom is -0.494 e. The average Bonchev–Trinajstić information content (AvgIpc) is 3.13. The first-order valence-electron chi connectivity index (χ1n) is 8.69. The summed E-state index contributed by atoms with van der Waals surface area (Å²) in [6.07, 6.45) is 1.37. The highest BCUT2D eigenvalue weighted by Crippen LogP contribution is 2.35. The number of carbonyl (C=O) groups excluding carboxylic acids is 2. The summed E-state index contributed by atoms with van der Waals surface area (Å²) < 4.78 is 16.7. The summed E-state index contributed by atoms with van der Waals surface area (Å²) in [5.74, 6) is 1.38. The zero-order valence-corrected chi connectivity index (χ0v) is 18.0. The number of nitrogens with one attached hydrogen (secondary N) is 1. The molecule has 3 rings (SSSR count). The summed E-state index contributed by atoms with van der Waals surface area (Å²) in [5, 5.41) is 2.87. The summed E-state index contributed by atoms with van der Waals surface area (Å²) in [5.41, 5.74) is 1.75. The minimum atomic E-state index is -0.280. The predicted molar refractivity (Wildman–Crippen MR) is 115 cm³/mol. The van der Waals surface area contributed by atoms with Crippen molar-refractivity contribution in [2.75, 3.05) is 38.1 Å². The molecule has 2 aromatic rings. The highest BCUT2D eigenvalue weighted by Gasteiger charge is 2.25. The summed E-state index contributed by atoms with van der Waals surface area (Å²) in [6.45, 7) is 0.671. The number of methoxy groups -OCH3 is 3. The molecule has 1 heterocycles. The SMILES string of the molecule is COc1cc(I)c(C(=O)Nc2ccc(N3CCCC3=O)c(OC)c2)cc1OC. The molecule has 0 aromatic heterocycles. The number of benzene rings is 2. The molecule has 0 aliphatic carbocycles. The van der Waals surface area contributed by atoms with Crippen molar-refractivity contribution in [1.82, 2.24) is 0 Å². The van der Waals surface area contributed by atoms with Crippen molar-refractivity contribution in [2.45, 2.75) is 12.8 Å². The summed E-state index contributed by atoms with van der Waals surface area (Å²) >= 11 is 2.08. The maximum atomic E-state index is 12.8. The van der Waals surface area contributed by atoms with Crippen LogP contribution >= 0.6 is 22.6 Å². The zero-order valence-electron chi connectivity index (χ0n) is 15.9. The Labute approximate surface area is 177 Å². The number of hydrogen-bond acceptors (Lipinski definition) is 5. The molecule has 1 aliphatic rings. The van der Waals surface area contributed by atoms with Crippen molar-refractivity contribution >= 4 is 45.8 Å². The Kier molecular flexibility index (Phi) is 6.28. The second-order valence-corrected chi connectivity index (χ2v) is 7.34. The first kappa shape index (κ1) is 20.2. The van der Waals surface area contributed by atoms with Crippen molar-refractivity contribution in [3.05, 3.63) is 39.5 Å². The topological polar surface area (TPSA) is 77.1 Å². The lowest BCUT2D eigenvalue weighted by atomic mass is 10.1. The molecule has 8 heteroatoms. The smallest absolute Gasteiger partial charge is 0.256 e. The van der Waals surface area contributed by atoms with Gasteiger partial charge < -0.3 is 24.4 Å². The van der Waals surface area contributed by atoms with E-state index in [1.807, 2.05) is 0 Å². The standard InChI is InChI=1S/C20H21IN2O5/c1-26-16-9-12(6-7-15(16)23-8-4-5-19(23)24)22-20(25)13-10-17(27-2)18(28-3)11-14(13)21/h6-7,9-11H,4-5,8H2,1-3H3,(H,22,25). The fourth-order valence-corrected chi connectivity index (χ4v) is 3.79. The van der Waals surface area contributed by atoms with E-state index >= 15 is 0 Å². The fourth-order valence-electron chi connectivity index (χ4n) is 3.11. The van der Waals surface area contributed by atoms with Crippen molar-refractivity contribution in [2.24, 2.45) is 0 Å². The van der Waals surface area contributed by atoms with Gasteiger partial charge in [-0.25, -0.2) is 0 Å². The number of amides is 2. The molecule has 2 amide bonds. The van der Waals surface area contributed by atoms with E-state index in [0.717, 1.165) is 9.99 Å². The highest BCUT2D eigenvalue weighted by atomic mass is 127. The number of halogens is 1. The van der Waals surface area contributed by atoms with Crippen LogP contribution in [0.15, 0.2) is 30.3 Å². The van der Waals surface area contributed by atoms with Gasteiger partial charge >= 0.3 is 0 Å². The minimum absolute atomic E-state index is 0.0787. The second-order valence-electron chi connectivity index (χ2n) is 6.18. The molecule has 7 nitrogen and oxygen atoms in total. The highest BCUT2D eigenvalue weighted by molar-refractivity contribution is 14.1. The molecule has 0 radical (unpaired) electrons. The molecule has 0 atom stereocenters. The molecule has 0 bridgehead atoms. The van der Waals surface area contributed by atoms with E-state index in [2.05, 4.69) is 27.9 Å². The van der Waals surface area contributed by atoms with Crippen LogP contribution in [0.4, 0.5) is 11.4 Å². The number of anilines is 2. The lowest BCUT2D eigenvalue weighted by molar-refractivity contribution is -0.117. The maximum Gasteiger partial charge on any atom is 0.256 e. The zero-order chi connectivity index (χ0) is 20.3. The number of carbonyl (C=O) groups is 2. The van der Waals surface area contributed by atoms with Gasteiger partial charge in [-0.05, 0) is 53.3 Å². The summed E-state index contributed by atoms with van der Waals surface area (Å²) in [6, 6.07) is 8.65. The Bertz CT molecular complexity index is 916. The molecule has 2 aromatic carbocycles. The molecule has 1 fully saturated rings. The van der Waals surface area contributed by atoms with Crippen LogP contribution in [-0.4, -0.2) is 39.7 Å². The molecular formula is C20H21IN2O5. The molecule has 1 aliphatic heterocycles. The van der Waals surface area contributed by atoms with Crippen LogP contribution in [0.3, 0.4) is 0 Å². The Hall–Kier alpha value is -2.49. The van der Waals surface area contributed by atoms with Crippen LogP contribution in [0, 0.1) is 3.57 Å². The lowest BCUT2D eigenvalue weighted by Gasteiger charge is -2.20. The molecule has 1 saturated heterocycles. The Morgan fingerprint density at radius 3 is 2.32 bits per heavy atom. The van der Waals surface area contributed by atoms with Gasteiger partial charge in [0, 0.05) is 28.3 Å². The van der Waals surface area contributed by atoms with E-state index < -0.39 is 0 Å². The van der Waals surface area contributed by atoms with Crippen LogP contribution in [0.5, 0.6) is 17.2 Å². The maximum absolute atomic E-state index is 12.8. The summed E-state index contributed by atoms with van der Waals surface area (Å²) in [7, 11) is 4.62. The van der Waals surface area contributed by atoms with E-state index in [-0.39, 0.29) is 11.8 Å². The molecule has 0 saturated carbocycles. The van der Waals surface area contributed by atoms with E-state index in [0.29, 0.717) is 47.2 Å². The molecule has 0 spiro atoms. The monoisotopic (exact) mass is 496 g/mol. The van der Waals surface area contributed by atoms with Crippen molar-refractivity contribution in [3.8, 4) is 17.2 Å². The van der Waals surface area contributed by atoms with Crippen molar-refractivity contribution in [3.63, 3.8) is 0 Å². The van der Waals surface area contributed by atoms with Crippen LogP contribution in [0.1, 0.15) is 23.2 Å². The number of hydrogen-bond donors (Lipinski definition) is 1. The van der Waals surface area contributed by atoms with E-state index in [1.165, 1.54) is 7.11 Å². The van der Waals surface area contributed by atoms with E-state index in [1.54, 1.807) is 49.5 Å². The predicted octanol–water partition coefficient (Wildman–Crippen LogP) is 3.70. The molecule has 28 heavy (non-hydrogen) atoms. The molecule has 1 N–H and O–H groups in total. The third-order valence-electron chi connectivity index (χ3n) is 4.52. The lowest BCUT2D eigenvalue weighted by Crippen LogP contribution is -2.24. The molecule has 148 valence electrons. The first-order chi connectivity index (χ1) is 13.5. The molecular weight excluding hydrogens is 475 g/mol. The van der Waals surface area contributed by atoms with Crippen molar-refractivity contribution < 1.29 is 23.8 Å². The van der Waals surface area contributed by atoms with Crippen LogP contribution in [0.2, 0.25) is 0 Å².